The number of hydrogen-bond acceptors (Lipinski definition) is 5. The van der Waals surface area contributed by atoms with E-state index in [1.807, 2.05) is 18.9 Å². The molecule has 2 heterocycles. The lowest BCUT2D eigenvalue weighted by molar-refractivity contribution is -0.184. The number of carbonyl (C=O) groups is 1. The number of halogens is 2. The van der Waals surface area contributed by atoms with Crippen LogP contribution in [0.2, 0.25) is 0 Å². The third kappa shape index (κ3) is 3.30. The number of sulfone groups is 1. The Morgan fingerprint density at radius 3 is 2.46 bits per heavy atom. The summed E-state index contributed by atoms with van der Waals surface area (Å²) < 4.78 is 56.6. The predicted molar refractivity (Wildman–Crippen MR) is 83.7 cm³/mol. The van der Waals surface area contributed by atoms with Gasteiger partial charge in [-0.05, 0) is 13.6 Å². The van der Waals surface area contributed by atoms with Crippen molar-refractivity contribution < 1.29 is 26.7 Å². The van der Waals surface area contributed by atoms with E-state index in [1.165, 1.54) is 4.90 Å². The van der Waals surface area contributed by atoms with Crippen molar-refractivity contribution in [3.8, 4) is 0 Å². The third-order valence-electron chi connectivity index (χ3n) is 5.31. The topological polar surface area (TPSA) is 66.9 Å². The van der Waals surface area contributed by atoms with E-state index in [4.69, 9.17) is 4.74 Å². The van der Waals surface area contributed by atoms with Crippen LogP contribution in [0, 0.1) is 5.92 Å². The SMILES string of the molecule is CCN(C)C[C@H]1COC2(CN(C(=O)C3CC(F)(F)C3)C2)CS1(=O)=O. The quantitative estimate of drug-likeness (QED) is 0.720. The van der Waals surface area contributed by atoms with Crippen molar-refractivity contribution in [1.82, 2.24) is 9.80 Å². The van der Waals surface area contributed by atoms with Gasteiger partial charge in [-0.15, -0.1) is 0 Å². The van der Waals surface area contributed by atoms with Gasteiger partial charge in [0.2, 0.25) is 11.8 Å². The van der Waals surface area contributed by atoms with Crippen molar-refractivity contribution in [2.45, 2.75) is 36.5 Å². The van der Waals surface area contributed by atoms with Gasteiger partial charge in [0.25, 0.3) is 0 Å². The molecule has 1 saturated carbocycles. The summed E-state index contributed by atoms with van der Waals surface area (Å²) in [7, 11) is -1.44. The highest BCUT2D eigenvalue weighted by atomic mass is 32.2. The molecule has 3 fully saturated rings. The molecule has 0 aromatic carbocycles. The van der Waals surface area contributed by atoms with Gasteiger partial charge in [0.05, 0.1) is 30.7 Å². The molecule has 138 valence electrons. The number of carbonyl (C=O) groups excluding carboxylic acids is 1. The summed E-state index contributed by atoms with van der Waals surface area (Å²) in [5.74, 6) is -3.78. The standard InChI is InChI=1S/C15H24F2N2O4S/c1-3-18(2)6-12-7-23-14(10-24(12,21)22)8-19(9-14)13(20)11-4-15(16,17)5-11/h11-12H,3-10H2,1-2H3/t12-/m0/s1. The fourth-order valence-corrected chi connectivity index (χ4v) is 5.62. The monoisotopic (exact) mass is 366 g/mol. The molecular formula is C15H24F2N2O4S. The lowest BCUT2D eigenvalue weighted by atomic mass is 9.79. The van der Waals surface area contributed by atoms with E-state index < -0.39 is 45.4 Å². The highest BCUT2D eigenvalue weighted by Crippen LogP contribution is 2.44. The first-order valence-corrected chi connectivity index (χ1v) is 9.98. The minimum Gasteiger partial charge on any atom is -0.369 e. The maximum atomic E-state index is 12.9. The van der Waals surface area contributed by atoms with Crippen LogP contribution in [-0.2, 0) is 19.4 Å². The molecule has 0 bridgehead atoms. The number of amides is 1. The molecular weight excluding hydrogens is 342 g/mol. The van der Waals surface area contributed by atoms with Crippen molar-refractivity contribution in [3.05, 3.63) is 0 Å². The third-order valence-corrected chi connectivity index (χ3v) is 7.54. The Bertz CT molecular complexity index is 611. The second-order valence-electron chi connectivity index (χ2n) is 7.43. The number of hydrogen-bond donors (Lipinski definition) is 0. The summed E-state index contributed by atoms with van der Waals surface area (Å²) >= 11 is 0. The van der Waals surface area contributed by atoms with Crippen LogP contribution < -0.4 is 0 Å². The first kappa shape index (κ1) is 18.0. The Morgan fingerprint density at radius 1 is 1.33 bits per heavy atom. The van der Waals surface area contributed by atoms with Crippen molar-refractivity contribution >= 4 is 15.7 Å². The maximum absolute atomic E-state index is 12.9. The zero-order valence-corrected chi connectivity index (χ0v) is 14.8. The summed E-state index contributed by atoms with van der Waals surface area (Å²) in [5.41, 5.74) is -0.845. The van der Waals surface area contributed by atoms with Gasteiger partial charge in [-0.25, -0.2) is 17.2 Å². The predicted octanol–water partition coefficient (Wildman–Crippen LogP) is 0.378. The fourth-order valence-electron chi connectivity index (χ4n) is 3.62. The average molecular weight is 366 g/mol. The molecule has 0 radical (unpaired) electrons. The Labute approximate surface area is 141 Å². The average Bonchev–Trinajstić information content (AvgIpc) is 2.43. The summed E-state index contributed by atoms with van der Waals surface area (Å²) in [6, 6.07) is 0. The number of nitrogens with zero attached hydrogens (tertiary/aromatic N) is 2. The number of likely N-dealkylation sites (tertiary alicyclic amines) is 1. The van der Waals surface area contributed by atoms with E-state index in [0.29, 0.717) is 6.54 Å². The minimum atomic E-state index is -3.30. The molecule has 2 aliphatic heterocycles. The first-order chi connectivity index (χ1) is 11.1. The molecule has 0 aromatic heterocycles. The van der Waals surface area contributed by atoms with Gasteiger partial charge < -0.3 is 14.5 Å². The largest absolute Gasteiger partial charge is 0.369 e. The fraction of sp³-hybridized carbons (Fsp3) is 0.933. The lowest BCUT2D eigenvalue weighted by Crippen LogP contribution is -2.72. The maximum Gasteiger partial charge on any atom is 0.249 e. The van der Waals surface area contributed by atoms with Gasteiger partial charge in [0.1, 0.15) is 5.60 Å². The zero-order valence-electron chi connectivity index (χ0n) is 14.0. The highest BCUT2D eigenvalue weighted by molar-refractivity contribution is 7.92. The van der Waals surface area contributed by atoms with E-state index in [9.17, 15) is 22.0 Å². The van der Waals surface area contributed by atoms with E-state index in [-0.39, 0.29) is 31.4 Å². The van der Waals surface area contributed by atoms with Gasteiger partial charge >= 0.3 is 0 Å². The van der Waals surface area contributed by atoms with E-state index in [0.717, 1.165) is 6.54 Å². The smallest absolute Gasteiger partial charge is 0.249 e. The van der Waals surface area contributed by atoms with Gasteiger partial charge in [-0.3, -0.25) is 4.79 Å². The Kier molecular flexibility index (Phi) is 4.41. The van der Waals surface area contributed by atoms with Crippen LogP contribution in [0.4, 0.5) is 8.78 Å². The summed E-state index contributed by atoms with van der Waals surface area (Å²) in [6.07, 6.45) is -0.806. The van der Waals surface area contributed by atoms with Crippen LogP contribution in [0.5, 0.6) is 0 Å². The minimum absolute atomic E-state index is 0.104. The number of ether oxygens (including phenoxy) is 1. The van der Waals surface area contributed by atoms with Gasteiger partial charge in [-0.1, -0.05) is 6.92 Å². The molecule has 1 spiro atoms. The molecule has 0 aromatic rings. The zero-order chi connectivity index (χ0) is 17.8. The Balaban J connectivity index is 1.54. The summed E-state index contributed by atoms with van der Waals surface area (Å²) in [4.78, 5) is 15.5. The van der Waals surface area contributed by atoms with Gasteiger partial charge in [0, 0.05) is 25.3 Å². The molecule has 1 atom stereocenters. The number of alkyl halides is 2. The van der Waals surface area contributed by atoms with E-state index in [1.54, 1.807) is 0 Å². The Hall–Kier alpha value is -0.800. The van der Waals surface area contributed by atoms with Crippen LogP contribution in [0.25, 0.3) is 0 Å². The molecule has 6 nitrogen and oxygen atoms in total. The molecule has 1 aliphatic carbocycles. The van der Waals surface area contributed by atoms with Crippen molar-refractivity contribution in [2.24, 2.45) is 5.92 Å². The summed E-state index contributed by atoms with van der Waals surface area (Å²) in [5, 5.41) is -0.553. The normalized spacial score (nSPS) is 30.9. The molecule has 9 heteroatoms. The van der Waals surface area contributed by atoms with Crippen LogP contribution >= 0.6 is 0 Å². The Morgan fingerprint density at radius 2 is 1.96 bits per heavy atom. The molecule has 0 unspecified atom stereocenters. The van der Waals surface area contributed by atoms with Crippen molar-refractivity contribution in [1.29, 1.82) is 0 Å². The van der Waals surface area contributed by atoms with Crippen LogP contribution in [0.1, 0.15) is 19.8 Å². The number of rotatable bonds is 4. The lowest BCUT2D eigenvalue weighted by Gasteiger charge is -2.53. The van der Waals surface area contributed by atoms with Crippen LogP contribution in [-0.4, -0.2) is 86.5 Å². The van der Waals surface area contributed by atoms with Crippen molar-refractivity contribution in [3.63, 3.8) is 0 Å². The first-order valence-electron chi connectivity index (χ1n) is 8.26. The van der Waals surface area contributed by atoms with E-state index >= 15 is 0 Å². The molecule has 3 aliphatic rings. The second kappa shape index (κ2) is 5.88. The van der Waals surface area contributed by atoms with Crippen LogP contribution in [0.3, 0.4) is 0 Å². The molecule has 1 amide bonds. The molecule has 2 saturated heterocycles. The second-order valence-corrected chi connectivity index (χ2v) is 9.71. The summed E-state index contributed by atoms with van der Waals surface area (Å²) in [6.45, 7) is 3.63. The molecule has 3 rings (SSSR count). The van der Waals surface area contributed by atoms with E-state index in [2.05, 4.69) is 0 Å². The molecule has 0 N–H and O–H groups in total. The van der Waals surface area contributed by atoms with Crippen LogP contribution in [0.15, 0.2) is 0 Å². The van der Waals surface area contributed by atoms with Crippen molar-refractivity contribution in [2.75, 3.05) is 45.6 Å². The van der Waals surface area contributed by atoms with Gasteiger partial charge in [-0.2, -0.15) is 0 Å². The molecule has 24 heavy (non-hydrogen) atoms. The van der Waals surface area contributed by atoms with Gasteiger partial charge in [0.15, 0.2) is 9.84 Å². The highest BCUT2D eigenvalue weighted by Gasteiger charge is 2.57.